The molecule has 6 atom stereocenters. The van der Waals surface area contributed by atoms with Crippen LogP contribution in [0.4, 0.5) is 0 Å². The number of nitrogens with zero attached hydrogens (tertiary/aromatic N) is 4. The number of aliphatic hydroxyl groups excluding tert-OH is 2. The molecule has 0 bridgehead atoms. The van der Waals surface area contributed by atoms with E-state index in [0.29, 0.717) is 31.7 Å². The molecule has 7 heteroatoms. The molecule has 7 nitrogen and oxygen atoms in total. The number of aryl methyl sites for hydroxylation is 1. The Hall–Kier alpha value is -1.57. The van der Waals surface area contributed by atoms with Crippen LogP contribution < -0.4 is 0 Å². The molecule has 3 aliphatic carbocycles. The molecule has 1 aromatic rings. The van der Waals surface area contributed by atoms with Gasteiger partial charge in [0.1, 0.15) is 0 Å². The number of aliphatic hydroxyl groups is 3. The predicted molar refractivity (Wildman–Crippen MR) is 136 cm³/mol. The van der Waals surface area contributed by atoms with Crippen LogP contribution in [0.5, 0.6) is 0 Å². The van der Waals surface area contributed by atoms with Crippen molar-refractivity contribution in [1.82, 2.24) is 20.2 Å². The summed E-state index contributed by atoms with van der Waals surface area (Å²) in [5.74, 6) is 2.86. The van der Waals surface area contributed by atoms with Crippen molar-refractivity contribution in [2.75, 3.05) is 0 Å². The number of hydrogen-bond donors (Lipinski definition) is 3. The van der Waals surface area contributed by atoms with Crippen LogP contribution in [0.3, 0.4) is 0 Å². The van der Waals surface area contributed by atoms with E-state index in [-0.39, 0.29) is 5.92 Å². The van der Waals surface area contributed by atoms with Crippen molar-refractivity contribution in [3.05, 3.63) is 29.6 Å². The summed E-state index contributed by atoms with van der Waals surface area (Å²) >= 11 is 0. The van der Waals surface area contributed by atoms with Gasteiger partial charge in [0.2, 0.25) is 0 Å². The fraction of sp³-hybridized carbons (Fsp3) is 0.821. The smallest absolute Gasteiger partial charge is 0.162 e. The summed E-state index contributed by atoms with van der Waals surface area (Å²) in [5, 5.41) is 43.1. The first-order chi connectivity index (χ1) is 16.7. The topological polar surface area (TPSA) is 104 Å². The van der Waals surface area contributed by atoms with Crippen LogP contribution in [0.2, 0.25) is 0 Å². The zero-order valence-electron chi connectivity index (χ0n) is 21.9. The molecule has 3 saturated carbocycles. The van der Waals surface area contributed by atoms with E-state index in [1.807, 2.05) is 13.8 Å². The molecule has 3 fully saturated rings. The zero-order valence-corrected chi connectivity index (χ0v) is 21.9. The van der Waals surface area contributed by atoms with E-state index < -0.39 is 17.8 Å². The summed E-state index contributed by atoms with van der Waals surface area (Å²) in [6.45, 7) is 6.81. The second-order valence-electron chi connectivity index (χ2n) is 12.2. The maximum absolute atomic E-state index is 10.7. The maximum Gasteiger partial charge on any atom is 0.162 e. The second-order valence-corrected chi connectivity index (χ2v) is 12.2. The van der Waals surface area contributed by atoms with Gasteiger partial charge in [-0.05, 0) is 101 Å². The highest BCUT2D eigenvalue weighted by Crippen LogP contribution is 2.51. The van der Waals surface area contributed by atoms with Crippen molar-refractivity contribution in [2.45, 2.75) is 116 Å². The molecule has 35 heavy (non-hydrogen) atoms. The van der Waals surface area contributed by atoms with E-state index >= 15 is 0 Å². The molecule has 3 aliphatic rings. The van der Waals surface area contributed by atoms with Crippen molar-refractivity contribution < 1.29 is 15.3 Å². The largest absolute Gasteiger partial charge is 0.392 e. The average Bonchev–Trinajstić information content (AvgIpc) is 3.46. The van der Waals surface area contributed by atoms with Gasteiger partial charge >= 0.3 is 0 Å². The first-order valence-corrected chi connectivity index (χ1v) is 13.9. The summed E-state index contributed by atoms with van der Waals surface area (Å²) < 4.78 is 0. The highest BCUT2D eigenvalue weighted by molar-refractivity contribution is 5.25. The molecule has 0 spiro atoms. The molecule has 1 aromatic heterocycles. The molecule has 4 rings (SSSR count). The Morgan fingerprint density at radius 3 is 2.60 bits per heavy atom. The van der Waals surface area contributed by atoms with E-state index in [4.69, 9.17) is 0 Å². The third-order valence-corrected chi connectivity index (χ3v) is 9.05. The lowest BCUT2D eigenvalue weighted by atomic mass is 9.71. The van der Waals surface area contributed by atoms with E-state index in [1.165, 1.54) is 49.6 Å². The number of aromatic nitrogens is 4. The minimum Gasteiger partial charge on any atom is -0.392 e. The van der Waals surface area contributed by atoms with Crippen molar-refractivity contribution in [3.63, 3.8) is 0 Å². The second kappa shape index (κ2) is 11.7. The molecule has 196 valence electrons. The summed E-state index contributed by atoms with van der Waals surface area (Å²) in [4.78, 5) is 1.51. The van der Waals surface area contributed by atoms with Crippen LogP contribution in [-0.4, -0.2) is 53.3 Å². The number of fused-ring (bicyclic) bond motifs is 1. The molecular weight excluding hydrogens is 440 g/mol. The Morgan fingerprint density at radius 1 is 1.14 bits per heavy atom. The van der Waals surface area contributed by atoms with Crippen LogP contribution in [-0.2, 0) is 6.54 Å². The minimum absolute atomic E-state index is 0.154. The van der Waals surface area contributed by atoms with Gasteiger partial charge in [0.05, 0.1) is 24.4 Å². The predicted octanol–water partition coefficient (Wildman–Crippen LogP) is 4.45. The highest BCUT2D eigenvalue weighted by atomic mass is 16.3. The van der Waals surface area contributed by atoms with Gasteiger partial charge in [0.15, 0.2) is 6.33 Å². The average molecular weight is 487 g/mol. The van der Waals surface area contributed by atoms with Crippen molar-refractivity contribution >= 4 is 0 Å². The van der Waals surface area contributed by atoms with Crippen molar-refractivity contribution in [2.24, 2.45) is 29.6 Å². The Balaban J connectivity index is 1.32. The quantitative estimate of drug-likeness (QED) is 0.476. The van der Waals surface area contributed by atoms with Gasteiger partial charge in [-0.15, -0.1) is 10.2 Å². The van der Waals surface area contributed by atoms with Gasteiger partial charge < -0.3 is 15.3 Å². The lowest BCUT2D eigenvalue weighted by Crippen LogP contribution is -2.37. The summed E-state index contributed by atoms with van der Waals surface area (Å²) in [6, 6.07) is 0. The normalized spacial score (nSPS) is 33.7. The van der Waals surface area contributed by atoms with Gasteiger partial charge in [-0.3, -0.25) is 0 Å². The van der Waals surface area contributed by atoms with E-state index in [9.17, 15) is 15.3 Å². The molecule has 0 aliphatic heterocycles. The molecular formula is C28H46N4O3. The van der Waals surface area contributed by atoms with Gasteiger partial charge in [-0.25, -0.2) is 0 Å². The Labute approximate surface area is 210 Å². The minimum atomic E-state index is -0.555. The molecule has 0 aromatic carbocycles. The Kier molecular flexibility index (Phi) is 8.82. The van der Waals surface area contributed by atoms with Crippen LogP contribution in [0, 0.1) is 29.6 Å². The molecule has 0 radical (unpaired) electrons. The van der Waals surface area contributed by atoms with Gasteiger partial charge in [0.25, 0.3) is 0 Å². The van der Waals surface area contributed by atoms with Crippen LogP contribution >= 0.6 is 0 Å². The van der Waals surface area contributed by atoms with E-state index in [2.05, 4.69) is 34.5 Å². The van der Waals surface area contributed by atoms with Gasteiger partial charge in [0, 0.05) is 5.92 Å². The van der Waals surface area contributed by atoms with E-state index in [1.54, 1.807) is 5.57 Å². The summed E-state index contributed by atoms with van der Waals surface area (Å²) in [5.41, 5.74) is 2.19. The first kappa shape index (κ1) is 26.5. The Bertz CT molecular complexity index is 846. The standard InChI is InChI=1S/C28H46N4O3/c1-19(6-5-14-28(2,3)35)22-11-12-23-21(7-4-8-24(22)23)10-9-20-16-26(33)25(27(34)17-20)13-15-32-30-18-29-31-32/h9-10,18-19,22-27,33-35H,4-8,11-17H2,1-3H3/b20-9?,21-10+/t19?,22-,23-,24+,25?,26+,27+/m0/s1. The molecule has 1 heterocycles. The third kappa shape index (κ3) is 7.01. The number of allylic oxidation sites excluding steroid dienone is 3. The van der Waals surface area contributed by atoms with Crippen LogP contribution in [0.25, 0.3) is 0 Å². The fourth-order valence-corrected chi connectivity index (χ4v) is 7.17. The lowest BCUT2D eigenvalue weighted by molar-refractivity contribution is -0.0121. The molecule has 0 amide bonds. The molecule has 1 unspecified atom stereocenters. The lowest BCUT2D eigenvalue weighted by Gasteiger charge is -2.35. The monoisotopic (exact) mass is 486 g/mol. The van der Waals surface area contributed by atoms with E-state index in [0.717, 1.165) is 36.2 Å². The van der Waals surface area contributed by atoms with Gasteiger partial charge in [-0.2, -0.15) is 4.80 Å². The number of hydrogen-bond acceptors (Lipinski definition) is 6. The number of tetrazole rings is 1. The Morgan fingerprint density at radius 2 is 1.91 bits per heavy atom. The maximum atomic E-state index is 10.7. The third-order valence-electron chi connectivity index (χ3n) is 9.05. The zero-order chi connectivity index (χ0) is 25.0. The first-order valence-electron chi connectivity index (χ1n) is 13.9. The molecule has 0 saturated heterocycles. The fourth-order valence-electron chi connectivity index (χ4n) is 7.17. The van der Waals surface area contributed by atoms with Crippen LogP contribution in [0.15, 0.2) is 29.6 Å². The highest BCUT2D eigenvalue weighted by Gasteiger charge is 2.41. The van der Waals surface area contributed by atoms with Gasteiger partial charge in [-0.1, -0.05) is 43.1 Å². The SMILES string of the molecule is CC(CCCC(C)(C)O)[C@@H]1CC[C@H]2/C(=C/C=C3C[C@@H](O)C(CCn4ncnn4)[C@H](O)C3)CCC[C@@H]21. The van der Waals surface area contributed by atoms with Crippen LogP contribution in [0.1, 0.15) is 91.4 Å². The molecule has 3 N–H and O–H groups in total. The summed E-state index contributed by atoms with van der Waals surface area (Å²) in [7, 11) is 0. The van der Waals surface area contributed by atoms with Crippen molar-refractivity contribution in [3.8, 4) is 0 Å². The van der Waals surface area contributed by atoms with Crippen molar-refractivity contribution in [1.29, 1.82) is 0 Å². The summed E-state index contributed by atoms with van der Waals surface area (Å²) in [6.07, 6.45) is 16.4. The number of rotatable bonds is 9.